The van der Waals surface area contributed by atoms with Gasteiger partial charge in [0.05, 0.1) is 18.2 Å². The van der Waals surface area contributed by atoms with Crippen molar-refractivity contribution in [2.24, 2.45) is 11.8 Å². The average molecular weight is 452 g/mol. The third-order valence-corrected chi connectivity index (χ3v) is 6.69. The van der Waals surface area contributed by atoms with Crippen molar-refractivity contribution in [3.8, 4) is 5.75 Å². The van der Waals surface area contributed by atoms with Crippen LogP contribution in [0, 0.1) is 11.8 Å². The number of nitrogen functional groups attached to an aromatic ring is 1. The van der Waals surface area contributed by atoms with Gasteiger partial charge in [-0.1, -0.05) is 30.3 Å². The Morgan fingerprint density at radius 2 is 1.97 bits per heavy atom. The van der Waals surface area contributed by atoms with Gasteiger partial charge in [0.2, 0.25) is 5.91 Å². The van der Waals surface area contributed by atoms with Crippen molar-refractivity contribution < 1.29 is 14.6 Å². The van der Waals surface area contributed by atoms with Gasteiger partial charge in [-0.3, -0.25) is 4.79 Å². The largest absolute Gasteiger partial charge is 0.491 e. The minimum absolute atomic E-state index is 0.103. The summed E-state index contributed by atoms with van der Waals surface area (Å²) in [6, 6.07) is 17.6. The summed E-state index contributed by atoms with van der Waals surface area (Å²) in [7, 11) is 0. The van der Waals surface area contributed by atoms with Crippen LogP contribution in [-0.4, -0.2) is 28.7 Å². The summed E-state index contributed by atoms with van der Waals surface area (Å²) in [5.74, 6) is 1.53. The van der Waals surface area contributed by atoms with Crippen LogP contribution < -0.4 is 15.8 Å². The zero-order chi connectivity index (χ0) is 22.3. The maximum atomic E-state index is 12.2. The average Bonchev–Trinajstić information content (AvgIpc) is 3.43. The molecule has 7 heteroatoms. The molecule has 32 heavy (non-hydrogen) atoms. The second-order valence-electron chi connectivity index (χ2n) is 8.43. The molecule has 0 saturated heterocycles. The minimum atomic E-state index is -0.439. The van der Waals surface area contributed by atoms with Gasteiger partial charge in [-0.2, -0.15) is 0 Å². The molecule has 0 bridgehead atoms. The second-order valence-corrected chi connectivity index (χ2v) is 9.32. The number of ether oxygens (including phenoxy) is 1. The van der Waals surface area contributed by atoms with Crippen LogP contribution in [0.5, 0.6) is 5.75 Å². The third kappa shape index (κ3) is 6.31. The van der Waals surface area contributed by atoms with Gasteiger partial charge in [-0.15, -0.1) is 11.3 Å². The normalized spacial score (nSPS) is 18.9. The van der Waals surface area contributed by atoms with E-state index in [-0.39, 0.29) is 18.2 Å². The predicted molar refractivity (Wildman–Crippen MR) is 128 cm³/mol. The molecule has 1 amide bonds. The van der Waals surface area contributed by atoms with E-state index in [9.17, 15) is 9.90 Å². The molecule has 4 rings (SSSR count). The molecule has 3 aromatic rings. The second kappa shape index (κ2) is 10.6. The monoisotopic (exact) mass is 451 g/mol. The molecule has 0 unspecified atom stereocenters. The maximum Gasteiger partial charge on any atom is 0.230 e. The molecule has 1 aromatic heterocycles. The Morgan fingerprint density at radius 1 is 1.19 bits per heavy atom. The van der Waals surface area contributed by atoms with Crippen LogP contribution in [0.2, 0.25) is 0 Å². The highest BCUT2D eigenvalue weighted by atomic mass is 32.1. The maximum absolute atomic E-state index is 12.2. The number of para-hydroxylation sites is 1. The number of carbonyl (C=O) groups is 1. The molecule has 1 saturated carbocycles. The molecule has 0 aliphatic heterocycles. The van der Waals surface area contributed by atoms with Gasteiger partial charge < -0.3 is 20.9 Å². The lowest BCUT2D eigenvalue weighted by molar-refractivity contribution is -0.115. The van der Waals surface area contributed by atoms with E-state index >= 15 is 0 Å². The first-order valence-corrected chi connectivity index (χ1v) is 11.9. The van der Waals surface area contributed by atoms with Gasteiger partial charge in [0.1, 0.15) is 12.4 Å². The Bertz CT molecular complexity index is 1010. The Kier molecular flexibility index (Phi) is 7.39. The quantitative estimate of drug-likeness (QED) is 0.450. The van der Waals surface area contributed by atoms with Gasteiger partial charge in [-0.05, 0) is 67.3 Å². The van der Waals surface area contributed by atoms with Crippen molar-refractivity contribution in [1.82, 2.24) is 4.98 Å². The standard InChI is InChI=1S/C25H29N3O3S/c26-25-28-21(16-32-25)14-24(30)27-20-10-7-17(8-11-20)12-18-6-9-19(13-18)23(29)15-31-22-4-2-1-3-5-22/h1-5,7-8,10-11,16,18-19,23,29H,6,9,12-15H2,(H2,26,28)(H,27,30)/t18-,19+,23-/m1/s1. The Labute approximate surface area is 192 Å². The van der Waals surface area contributed by atoms with Gasteiger partial charge >= 0.3 is 0 Å². The fourth-order valence-electron chi connectivity index (χ4n) is 4.31. The van der Waals surface area contributed by atoms with Gasteiger partial charge in [0, 0.05) is 11.1 Å². The van der Waals surface area contributed by atoms with Crippen molar-refractivity contribution in [2.45, 2.75) is 38.2 Å². The summed E-state index contributed by atoms with van der Waals surface area (Å²) in [5.41, 5.74) is 8.32. The van der Waals surface area contributed by atoms with E-state index in [1.165, 1.54) is 16.9 Å². The van der Waals surface area contributed by atoms with E-state index in [4.69, 9.17) is 10.5 Å². The first-order valence-electron chi connectivity index (χ1n) is 11.0. The molecule has 2 aromatic carbocycles. The highest BCUT2D eigenvalue weighted by molar-refractivity contribution is 7.13. The lowest BCUT2D eigenvalue weighted by Gasteiger charge is -2.19. The zero-order valence-corrected chi connectivity index (χ0v) is 18.8. The molecular weight excluding hydrogens is 422 g/mol. The van der Waals surface area contributed by atoms with Crippen molar-refractivity contribution in [3.05, 3.63) is 71.2 Å². The molecule has 1 heterocycles. The molecule has 0 spiro atoms. The first kappa shape index (κ1) is 22.3. The number of anilines is 2. The van der Waals surface area contributed by atoms with Crippen LogP contribution in [0.25, 0.3) is 0 Å². The Morgan fingerprint density at radius 3 is 2.69 bits per heavy atom. The number of aliphatic hydroxyl groups excluding tert-OH is 1. The molecule has 1 aliphatic carbocycles. The summed E-state index contributed by atoms with van der Waals surface area (Å²) >= 11 is 1.34. The van der Waals surface area contributed by atoms with E-state index in [1.54, 1.807) is 5.38 Å². The minimum Gasteiger partial charge on any atom is -0.491 e. The Balaban J connectivity index is 1.21. The summed E-state index contributed by atoms with van der Waals surface area (Å²) in [4.78, 5) is 16.3. The van der Waals surface area contributed by atoms with E-state index in [2.05, 4.69) is 22.4 Å². The number of thiazole rings is 1. The lowest BCUT2D eigenvalue weighted by Crippen LogP contribution is -2.25. The molecule has 1 aliphatic rings. The number of carbonyl (C=O) groups excluding carboxylic acids is 1. The number of nitrogens with one attached hydrogen (secondary N) is 1. The number of hydrogen-bond acceptors (Lipinski definition) is 6. The number of rotatable bonds is 9. The number of nitrogens with two attached hydrogens (primary N) is 1. The summed E-state index contributed by atoms with van der Waals surface area (Å²) < 4.78 is 5.72. The highest BCUT2D eigenvalue weighted by Crippen LogP contribution is 2.35. The van der Waals surface area contributed by atoms with Crippen LogP contribution in [0.3, 0.4) is 0 Å². The fraction of sp³-hybridized carbons (Fsp3) is 0.360. The molecule has 1 fully saturated rings. The molecule has 168 valence electrons. The Hall–Kier alpha value is -2.90. The van der Waals surface area contributed by atoms with Gasteiger partial charge in [0.15, 0.2) is 5.13 Å². The fourth-order valence-corrected chi connectivity index (χ4v) is 4.88. The smallest absolute Gasteiger partial charge is 0.230 e. The number of aromatic nitrogens is 1. The summed E-state index contributed by atoms with van der Waals surface area (Å²) in [6.45, 7) is 0.337. The summed E-state index contributed by atoms with van der Waals surface area (Å²) in [5, 5.41) is 15.7. The topological polar surface area (TPSA) is 97.5 Å². The van der Waals surface area contributed by atoms with Gasteiger partial charge in [0.25, 0.3) is 0 Å². The van der Waals surface area contributed by atoms with Crippen molar-refractivity contribution in [3.63, 3.8) is 0 Å². The van der Waals surface area contributed by atoms with Crippen molar-refractivity contribution >= 4 is 28.1 Å². The van der Waals surface area contributed by atoms with Crippen LogP contribution in [-0.2, 0) is 17.6 Å². The SMILES string of the molecule is Nc1nc(CC(=O)Nc2ccc(C[C@H]3CC[C@H]([C@H](O)COc4ccccc4)C3)cc2)cs1. The lowest BCUT2D eigenvalue weighted by atomic mass is 9.95. The number of nitrogens with zero attached hydrogens (tertiary/aromatic N) is 1. The molecule has 0 radical (unpaired) electrons. The van der Waals surface area contributed by atoms with Crippen molar-refractivity contribution in [2.75, 3.05) is 17.7 Å². The van der Waals surface area contributed by atoms with Crippen LogP contribution >= 0.6 is 11.3 Å². The van der Waals surface area contributed by atoms with E-state index in [0.717, 1.165) is 37.1 Å². The predicted octanol–water partition coefficient (Wildman–Crippen LogP) is 4.31. The van der Waals surface area contributed by atoms with Crippen LogP contribution in [0.4, 0.5) is 10.8 Å². The van der Waals surface area contributed by atoms with Gasteiger partial charge in [-0.25, -0.2) is 4.98 Å². The highest BCUT2D eigenvalue weighted by Gasteiger charge is 2.30. The molecular formula is C25H29N3O3S. The molecule has 4 N–H and O–H groups in total. The number of aliphatic hydroxyl groups is 1. The van der Waals surface area contributed by atoms with E-state index in [1.807, 2.05) is 42.5 Å². The third-order valence-electron chi connectivity index (χ3n) is 5.96. The number of amides is 1. The summed E-state index contributed by atoms with van der Waals surface area (Å²) in [6.07, 6.45) is 3.91. The van der Waals surface area contributed by atoms with Crippen LogP contribution in [0.1, 0.15) is 30.5 Å². The van der Waals surface area contributed by atoms with E-state index in [0.29, 0.717) is 23.4 Å². The molecule has 6 nitrogen and oxygen atoms in total. The van der Waals surface area contributed by atoms with E-state index < -0.39 is 6.10 Å². The number of hydrogen-bond donors (Lipinski definition) is 3. The molecule has 3 atom stereocenters. The van der Waals surface area contributed by atoms with Crippen LogP contribution in [0.15, 0.2) is 60.0 Å². The van der Waals surface area contributed by atoms with Crippen molar-refractivity contribution in [1.29, 1.82) is 0 Å². The number of benzene rings is 2. The first-order chi connectivity index (χ1) is 15.5. The zero-order valence-electron chi connectivity index (χ0n) is 17.9.